The first-order valence-corrected chi connectivity index (χ1v) is 7.94. The van der Waals surface area contributed by atoms with Crippen LogP contribution in [0, 0.1) is 0 Å². The Morgan fingerprint density at radius 1 is 1.32 bits per heavy atom. The summed E-state index contributed by atoms with van der Waals surface area (Å²) in [6.07, 6.45) is -0.239. The third kappa shape index (κ3) is 2.67. The van der Waals surface area contributed by atoms with Gasteiger partial charge in [-0.05, 0) is 25.1 Å². The highest BCUT2D eigenvalue weighted by Crippen LogP contribution is 2.30. The molecular formula is C13H14N2O6S. The Balaban J connectivity index is 2.28. The number of benzene rings is 1. The van der Waals surface area contributed by atoms with Crippen LogP contribution in [-0.2, 0) is 14.8 Å². The van der Waals surface area contributed by atoms with Gasteiger partial charge in [0.2, 0.25) is 0 Å². The molecule has 0 saturated carbocycles. The van der Waals surface area contributed by atoms with E-state index >= 15 is 0 Å². The highest BCUT2D eigenvalue weighted by Gasteiger charge is 2.40. The van der Waals surface area contributed by atoms with Gasteiger partial charge in [0.15, 0.2) is 0 Å². The number of carbonyl (C=O) groups excluding carboxylic acids is 2. The van der Waals surface area contributed by atoms with Gasteiger partial charge in [0.05, 0.1) is 12.0 Å². The first-order chi connectivity index (χ1) is 10.3. The maximum atomic E-state index is 12.2. The van der Waals surface area contributed by atoms with Crippen molar-refractivity contribution in [3.8, 4) is 0 Å². The number of nitrogens with zero attached hydrogens (tertiary/aromatic N) is 1. The molecule has 1 aliphatic heterocycles. The van der Waals surface area contributed by atoms with E-state index in [1.807, 2.05) is 0 Å². The summed E-state index contributed by atoms with van der Waals surface area (Å²) >= 11 is 0. The second-order valence-electron chi connectivity index (χ2n) is 4.59. The maximum Gasteiger partial charge on any atom is 0.305 e. The molecule has 0 fully saturated rings. The van der Waals surface area contributed by atoms with Crippen LogP contribution in [0.3, 0.4) is 0 Å². The lowest BCUT2D eigenvalue weighted by atomic mass is 10.1. The van der Waals surface area contributed by atoms with Gasteiger partial charge in [0.25, 0.3) is 21.8 Å². The van der Waals surface area contributed by atoms with E-state index in [4.69, 9.17) is 5.11 Å². The molecule has 0 saturated heterocycles. The number of carboxylic acids is 1. The van der Waals surface area contributed by atoms with Crippen LogP contribution in [0.1, 0.15) is 34.1 Å². The quantitative estimate of drug-likeness (QED) is 0.789. The minimum absolute atomic E-state index is 0.00991. The van der Waals surface area contributed by atoms with E-state index in [9.17, 15) is 22.8 Å². The molecule has 1 aromatic carbocycles. The molecule has 9 heteroatoms. The number of nitrogens with one attached hydrogen (secondary N) is 1. The number of hydrogen-bond acceptors (Lipinski definition) is 5. The lowest BCUT2D eigenvalue weighted by Gasteiger charge is -2.11. The minimum atomic E-state index is -3.93. The van der Waals surface area contributed by atoms with Crippen LogP contribution in [0.25, 0.3) is 0 Å². The van der Waals surface area contributed by atoms with Crippen LogP contribution in [0.2, 0.25) is 0 Å². The van der Waals surface area contributed by atoms with Crippen LogP contribution in [0.4, 0.5) is 0 Å². The summed E-state index contributed by atoms with van der Waals surface area (Å²) in [5, 5.41) is 10.9. The maximum absolute atomic E-state index is 12.2. The van der Waals surface area contributed by atoms with Crippen molar-refractivity contribution in [2.45, 2.75) is 18.2 Å². The van der Waals surface area contributed by atoms with E-state index in [-0.39, 0.29) is 35.5 Å². The normalized spacial score (nSPS) is 15.5. The molecule has 1 aromatic rings. The van der Waals surface area contributed by atoms with Gasteiger partial charge in [-0.2, -0.15) is 0 Å². The molecule has 0 spiro atoms. The van der Waals surface area contributed by atoms with Crippen molar-refractivity contribution >= 4 is 27.8 Å². The van der Waals surface area contributed by atoms with Gasteiger partial charge in [0, 0.05) is 18.7 Å². The fraction of sp³-hybridized carbons (Fsp3) is 0.308. The molecule has 22 heavy (non-hydrogen) atoms. The van der Waals surface area contributed by atoms with Crippen LogP contribution in [0.15, 0.2) is 23.1 Å². The summed E-state index contributed by atoms with van der Waals surface area (Å²) in [6.45, 7) is 1.48. The molecule has 0 bridgehead atoms. The topological polar surface area (TPSA) is 121 Å². The van der Waals surface area contributed by atoms with Crippen molar-refractivity contribution in [2.75, 3.05) is 13.1 Å². The van der Waals surface area contributed by atoms with Gasteiger partial charge in [-0.3, -0.25) is 14.4 Å². The van der Waals surface area contributed by atoms with Crippen molar-refractivity contribution < 1.29 is 27.9 Å². The van der Waals surface area contributed by atoms with Crippen LogP contribution >= 0.6 is 0 Å². The average Bonchev–Trinajstić information content (AvgIpc) is 2.64. The zero-order valence-electron chi connectivity index (χ0n) is 11.7. The highest BCUT2D eigenvalue weighted by molar-refractivity contribution is 7.90. The number of carbonyl (C=O) groups is 3. The summed E-state index contributed by atoms with van der Waals surface area (Å²) in [4.78, 5) is 34.0. The zero-order valence-corrected chi connectivity index (χ0v) is 12.5. The molecule has 0 atom stereocenters. The van der Waals surface area contributed by atoms with Crippen molar-refractivity contribution in [3.63, 3.8) is 0 Å². The molecule has 2 N–H and O–H groups in total. The Morgan fingerprint density at radius 3 is 2.59 bits per heavy atom. The molecule has 0 unspecified atom stereocenters. The number of rotatable bonds is 5. The molecule has 0 radical (unpaired) electrons. The Kier molecular flexibility index (Phi) is 4.18. The number of sulfonamides is 1. The Hall–Kier alpha value is -2.42. The summed E-state index contributed by atoms with van der Waals surface area (Å²) in [5.41, 5.74) is 0.0856. The van der Waals surface area contributed by atoms with Gasteiger partial charge in [-0.25, -0.2) is 12.7 Å². The van der Waals surface area contributed by atoms with Gasteiger partial charge >= 0.3 is 5.97 Å². The molecular weight excluding hydrogens is 312 g/mol. The molecule has 0 aliphatic carbocycles. The van der Waals surface area contributed by atoms with Crippen molar-refractivity contribution in [1.29, 1.82) is 0 Å². The van der Waals surface area contributed by atoms with Crippen LogP contribution in [-0.4, -0.2) is 48.7 Å². The van der Waals surface area contributed by atoms with Crippen LogP contribution in [0.5, 0.6) is 0 Å². The fourth-order valence-corrected chi connectivity index (χ4v) is 3.72. The van der Waals surface area contributed by atoms with E-state index < -0.39 is 27.8 Å². The molecule has 0 aromatic heterocycles. The van der Waals surface area contributed by atoms with Crippen molar-refractivity contribution in [3.05, 3.63) is 29.3 Å². The lowest BCUT2D eigenvalue weighted by molar-refractivity contribution is -0.136. The number of aliphatic carboxylic acids is 1. The second-order valence-corrected chi connectivity index (χ2v) is 6.42. The summed E-state index contributed by atoms with van der Waals surface area (Å²) in [5.74, 6) is -2.27. The van der Waals surface area contributed by atoms with E-state index in [1.165, 1.54) is 12.1 Å². The Labute approximate surface area is 126 Å². The predicted octanol–water partition coefficient (Wildman–Crippen LogP) is 0.0555. The number of fused-ring (bicyclic) bond motifs is 1. The fourth-order valence-electron chi connectivity index (χ4n) is 2.11. The second kappa shape index (κ2) is 5.76. The number of carboxylic acid groups (broad SMARTS) is 1. The molecule has 1 heterocycles. The van der Waals surface area contributed by atoms with E-state index in [2.05, 4.69) is 5.32 Å². The first-order valence-electron chi connectivity index (χ1n) is 6.50. The third-order valence-electron chi connectivity index (χ3n) is 3.18. The Morgan fingerprint density at radius 2 is 2.00 bits per heavy atom. The predicted molar refractivity (Wildman–Crippen MR) is 74.9 cm³/mol. The standard InChI is InChI=1S/C13H14N2O6S/c1-2-15-13(19)9-4-3-8(7-10(9)22(15,20)21)12(18)14-6-5-11(16)17/h3-4,7H,2,5-6H2,1H3,(H,14,18)(H,16,17). The SMILES string of the molecule is CCN1C(=O)c2ccc(C(=O)NCCC(=O)O)cc2S1(=O)=O. The first kappa shape index (κ1) is 16.0. The molecule has 118 valence electrons. The lowest BCUT2D eigenvalue weighted by Crippen LogP contribution is -2.29. The highest BCUT2D eigenvalue weighted by atomic mass is 32.2. The monoisotopic (exact) mass is 326 g/mol. The zero-order chi connectivity index (χ0) is 16.5. The van der Waals surface area contributed by atoms with Gasteiger partial charge < -0.3 is 10.4 Å². The number of hydrogen-bond donors (Lipinski definition) is 2. The minimum Gasteiger partial charge on any atom is -0.481 e. The van der Waals surface area contributed by atoms with Gasteiger partial charge in [-0.15, -0.1) is 0 Å². The third-order valence-corrected chi connectivity index (χ3v) is 5.08. The summed E-state index contributed by atoms with van der Waals surface area (Å²) in [6, 6.07) is 3.76. The molecule has 2 rings (SSSR count). The molecule has 8 nitrogen and oxygen atoms in total. The number of amides is 2. The van der Waals surface area contributed by atoms with Crippen LogP contribution < -0.4 is 5.32 Å². The molecule has 1 aliphatic rings. The summed E-state index contributed by atoms with van der Waals surface area (Å²) < 4.78 is 25.1. The van der Waals surface area contributed by atoms with Gasteiger partial charge in [0.1, 0.15) is 4.90 Å². The smallest absolute Gasteiger partial charge is 0.305 e. The van der Waals surface area contributed by atoms with E-state index in [0.717, 1.165) is 10.4 Å². The van der Waals surface area contributed by atoms with Crippen molar-refractivity contribution in [1.82, 2.24) is 9.62 Å². The Bertz CT molecular complexity index is 756. The van der Waals surface area contributed by atoms with Gasteiger partial charge in [-0.1, -0.05) is 0 Å². The largest absolute Gasteiger partial charge is 0.481 e. The average molecular weight is 326 g/mol. The molecule has 2 amide bonds. The van der Waals surface area contributed by atoms with E-state index in [0.29, 0.717) is 0 Å². The van der Waals surface area contributed by atoms with E-state index in [1.54, 1.807) is 6.92 Å². The summed E-state index contributed by atoms with van der Waals surface area (Å²) in [7, 11) is -3.93. The van der Waals surface area contributed by atoms with Crippen molar-refractivity contribution in [2.24, 2.45) is 0 Å².